The summed E-state index contributed by atoms with van der Waals surface area (Å²) < 4.78 is 0. The summed E-state index contributed by atoms with van der Waals surface area (Å²) in [5, 5.41) is 2.95. The predicted molar refractivity (Wildman–Crippen MR) is 67.3 cm³/mol. The van der Waals surface area contributed by atoms with E-state index in [0.29, 0.717) is 12.5 Å². The molecule has 2 unspecified atom stereocenters. The fourth-order valence-corrected chi connectivity index (χ4v) is 2.99. The van der Waals surface area contributed by atoms with Crippen LogP contribution in [0.2, 0.25) is 0 Å². The van der Waals surface area contributed by atoms with Crippen molar-refractivity contribution in [3.8, 4) is 0 Å². The number of amides is 2. The molecule has 0 bridgehead atoms. The standard InChI is InChI=1S/C12H22N4O2/c13-15-11(17)5-1-2-6-16-7-3-4-9-10(16)8-14-12(9)18/h9-10H,1-8,13H2,(H,14,18)(H,15,17). The average Bonchev–Trinajstić information content (AvgIpc) is 2.77. The van der Waals surface area contributed by atoms with Crippen LogP contribution in [0.1, 0.15) is 32.1 Å². The number of carbonyl (C=O) groups excluding carboxylic acids is 2. The van der Waals surface area contributed by atoms with Crippen molar-refractivity contribution in [3.63, 3.8) is 0 Å². The lowest BCUT2D eigenvalue weighted by Crippen LogP contribution is -2.45. The number of hydrogen-bond donors (Lipinski definition) is 3. The van der Waals surface area contributed by atoms with E-state index in [-0.39, 0.29) is 17.7 Å². The maximum Gasteiger partial charge on any atom is 0.233 e. The van der Waals surface area contributed by atoms with Gasteiger partial charge in [0.2, 0.25) is 11.8 Å². The Labute approximate surface area is 107 Å². The lowest BCUT2D eigenvalue weighted by molar-refractivity contribution is -0.124. The zero-order chi connectivity index (χ0) is 13.0. The molecular formula is C12H22N4O2. The number of piperidine rings is 1. The van der Waals surface area contributed by atoms with Crippen LogP contribution in [0, 0.1) is 5.92 Å². The van der Waals surface area contributed by atoms with Crippen molar-refractivity contribution in [2.75, 3.05) is 19.6 Å². The van der Waals surface area contributed by atoms with Gasteiger partial charge >= 0.3 is 0 Å². The number of nitrogens with zero attached hydrogens (tertiary/aromatic N) is 1. The molecule has 6 heteroatoms. The molecule has 2 heterocycles. The van der Waals surface area contributed by atoms with Crippen molar-refractivity contribution in [1.29, 1.82) is 0 Å². The van der Waals surface area contributed by atoms with Gasteiger partial charge in [0.1, 0.15) is 0 Å². The monoisotopic (exact) mass is 254 g/mol. The zero-order valence-corrected chi connectivity index (χ0v) is 10.7. The van der Waals surface area contributed by atoms with Crippen molar-refractivity contribution in [3.05, 3.63) is 0 Å². The molecule has 102 valence electrons. The molecule has 0 saturated carbocycles. The zero-order valence-electron chi connectivity index (χ0n) is 10.7. The van der Waals surface area contributed by atoms with Gasteiger partial charge in [-0.1, -0.05) is 0 Å². The van der Waals surface area contributed by atoms with Crippen LogP contribution in [0.25, 0.3) is 0 Å². The molecule has 0 aromatic rings. The van der Waals surface area contributed by atoms with Gasteiger partial charge < -0.3 is 5.32 Å². The first-order valence-corrected chi connectivity index (χ1v) is 6.73. The molecule has 4 N–H and O–H groups in total. The summed E-state index contributed by atoms with van der Waals surface area (Å²) in [5.74, 6) is 5.32. The van der Waals surface area contributed by atoms with Gasteiger partial charge in [-0.15, -0.1) is 0 Å². The van der Waals surface area contributed by atoms with Gasteiger partial charge in [-0.3, -0.25) is 19.9 Å². The number of unbranched alkanes of at least 4 members (excludes halogenated alkanes) is 1. The molecule has 2 aliphatic rings. The maximum absolute atomic E-state index is 11.6. The van der Waals surface area contributed by atoms with Crippen LogP contribution < -0.4 is 16.6 Å². The average molecular weight is 254 g/mol. The summed E-state index contributed by atoms with van der Waals surface area (Å²) in [7, 11) is 0. The van der Waals surface area contributed by atoms with Crippen LogP contribution in [-0.4, -0.2) is 42.4 Å². The number of rotatable bonds is 5. The highest BCUT2D eigenvalue weighted by atomic mass is 16.2. The lowest BCUT2D eigenvalue weighted by Gasteiger charge is -2.35. The molecule has 0 aromatic carbocycles. The van der Waals surface area contributed by atoms with Crippen molar-refractivity contribution in [2.45, 2.75) is 38.1 Å². The molecule has 2 saturated heterocycles. The number of hydrogen-bond acceptors (Lipinski definition) is 4. The van der Waals surface area contributed by atoms with Crippen molar-refractivity contribution < 1.29 is 9.59 Å². The second-order valence-corrected chi connectivity index (χ2v) is 5.12. The van der Waals surface area contributed by atoms with E-state index < -0.39 is 0 Å². The lowest BCUT2D eigenvalue weighted by atomic mass is 9.91. The Kier molecular flexibility index (Phi) is 4.54. The number of fused-ring (bicyclic) bond motifs is 1. The van der Waals surface area contributed by atoms with E-state index in [4.69, 9.17) is 5.84 Å². The Balaban J connectivity index is 1.72. The summed E-state index contributed by atoms with van der Waals surface area (Å²) in [6.45, 7) is 2.82. The first-order valence-electron chi connectivity index (χ1n) is 6.73. The van der Waals surface area contributed by atoms with E-state index in [1.807, 2.05) is 0 Å². The van der Waals surface area contributed by atoms with E-state index in [9.17, 15) is 9.59 Å². The topological polar surface area (TPSA) is 87.5 Å². The molecule has 2 atom stereocenters. The van der Waals surface area contributed by atoms with E-state index in [1.165, 1.54) is 0 Å². The number of carbonyl (C=O) groups is 2. The van der Waals surface area contributed by atoms with Gasteiger partial charge in [-0.25, -0.2) is 5.84 Å². The third-order valence-electron chi connectivity index (χ3n) is 3.98. The third kappa shape index (κ3) is 3.00. The molecule has 0 spiro atoms. The van der Waals surface area contributed by atoms with Gasteiger partial charge in [0.05, 0.1) is 5.92 Å². The minimum atomic E-state index is -0.107. The highest BCUT2D eigenvalue weighted by Crippen LogP contribution is 2.27. The van der Waals surface area contributed by atoms with Crippen LogP contribution in [0.15, 0.2) is 0 Å². The fourth-order valence-electron chi connectivity index (χ4n) is 2.99. The molecule has 0 aromatic heterocycles. The second-order valence-electron chi connectivity index (χ2n) is 5.12. The van der Waals surface area contributed by atoms with Crippen molar-refractivity contribution in [2.24, 2.45) is 11.8 Å². The summed E-state index contributed by atoms with van der Waals surface area (Å²) in [4.78, 5) is 25.0. The first-order chi connectivity index (χ1) is 8.72. The van der Waals surface area contributed by atoms with E-state index in [2.05, 4.69) is 15.6 Å². The summed E-state index contributed by atoms with van der Waals surface area (Å²) in [6.07, 6.45) is 4.42. The van der Waals surface area contributed by atoms with Crippen LogP contribution in [0.4, 0.5) is 0 Å². The van der Waals surface area contributed by atoms with E-state index in [0.717, 1.165) is 45.3 Å². The molecule has 6 nitrogen and oxygen atoms in total. The smallest absolute Gasteiger partial charge is 0.233 e. The van der Waals surface area contributed by atoms with Gasteiger partial charge in [-0.05, 0) is 38.8 Å². The fraction of sp³-hybridized carbons (Fsp3) is 0.833. The van der Waals surface area contributed by atoms with E-state index in [1.54, 1.807) is 0 Å². The molecular weight excluding hydrogens is 232 g/mol. The van der Waals surface area contributed by atoms with Crippen molar-refractivity contribution in [1.82, 2.24) is 15.6 Å². The SMILES string of the molecule is NNC(=O)CCCCN1CCCC2C(=O)NCC21. The Morgan fingerprint density at radius 1 is 1.50 bits per heavy atom. The molecule has 2 amide bonds. The number of nitrogens with one attached hydrogen (secondary N) is 2. The molecule has 2 rings (SSSR count). The Hall–Kier alpha value is -1.14. The number of nitrogens with two attached hydrogens (primary N) is 1. The van der Waals surface area contributed by atoms with Crippen LogP contribution in [0.3, 0.4) is 0 Å². The minimum Gasteiger partial charge on any atom is -0.354 e. The molecule has 2 aliphatic heterocycles. The molecule has 0 radical (unpaired) electrons. The summed E-state index contributed by atoms with van der Waals surface area (Å²) in [6, 6.07) is 0.370. The van der Waals surface area contributed by atoms with Crippen LogP contribution in [0.5, 0.6) is 0 Å². The predicted octanol–water partition coefficient (Wildman–Crippen LogP) is -0.643. The van der Waals surface area contributed by atoms with Crippen molar-refractivity contribution >= 4 is 11.8 Å². The third-order valence-corrected chi connectivity index (χ3v) is 3.98. The Bertz CT molecular complexity index is 321. The normalized spacial score (nSPS) is 27.7. The number of likely N-dealkylation sites (tertiary alicyclic amines) is 1. The number of hydrazine groups is 1. The summed E-state index contributed by atoms with van der Waals surface area (Å²) in [5.41, 5.74) is 2.14. The van der Waals surface area contributed by atoms with Gasteiger partial charge in [-0.2, -0.15) is 0 Å². The second kappa shape index (κ2) is 6.15. The molecule has 18 heavy (non-hydrogen) atoms. The Morgan fingerprint density at radius 2 is 2.33 bits per heavy atom. The highest BCUT2D eigenvalue weighted by Gasteiger charge is 2.40. The quantitative estimate of drug-likeness (QED) is 0.263. The van der Waals surface area contributed by atoms with Crippen LogP contribution in [-0.2, 0) is 9.59 Å². The Morgan fingerprint density at radius 3 is 3.11 bits per heavy atom. The van der Waals surface area contributed by atoms with E-state index >= 15 is 0 Å². The highest BCUT2D eigenvalue weighted by molar-refractivity contribution is 5.82. The maximum atomic E-state index is 11.6. The largest absolute Gasteiger partial charge is 0.354 e. The first kappa shape index (κ1) is 13.3. The van der Waals surface area contributed by atoms with Crippen LogP contribution >= 0.6 is 0 Å². The molecule has 0 aliphatic carbocycles. The molecule has 2 fully saturated rings. The summed E-state index contributed by atoms with van der Waals surface area (Å²) >= 11 is 0. The minimum absolute atomic E-state index is 0.107. The van der Waals surface area contributed by atoms with Gasteiger partial charge in [0.15, 0.2) is 0 Å². The van der Waals surface area contributed by atoms with Gasteiger partial charge in [0.25, 0.3) is 0 Å². The van der Waals surface area contributed by atoms with Gasteiger partial charge in [0, 0.05) is 19.0 Å².